The van der Waals surface area contributed by atoms with Crippen LogP contribution in [-0.4, -0.2) is 14.8 Å². The molecule has 0 aliphatic rings. The SMILES string of the molecule is CC(C)n1c(-c2cccc(F)c2)n[nH]c1=S. The Bertz CT molecular complexity index is 556. The summed E-state index contributed by atoms with van der Waals surface area (Å²) in [5.41, 5.74) is 0.723. The number of aromatic nitrogens is 3. The third-order valence-electron chi connectivity index (χ3n) is 2.30. The summed E-state index contributed by atoms with van der Waals surface area (Å²) in [6, 6.07) is 6.51. The Morgan fingerprint density at radius 3 is 2.81 bits per heavy atom. The monoisotopic (exact) mass is 237 g/mol. The van der Waals surface area contributed by atoms with Crippen molar-refractivity contribution in [3.8, 4) is 11.4 Å². The number of hydrogen-bond acceptors (Lipinski definition) is 2. The number of nitrogens with zero attached hydrogens (tertiary/aromatic N) is 2. The van der Waals surface area contributed by atoms with Crippen molar-refractivity contribution in [3.05, 3.63) is 34.9 Å². The third-order valence-corrected chi connectivity index (χ3v) is 2.59. The lowest BCUT2D eigenvalue weighted by molar-refractivity contribution is 0.595. The fourth-order valence-corrected chi connectivity index (χ4v) is 1.96. The highest BCUT2D eigenvalue weighted by molar-refractivity contribution is 7.71. The van der Waals surface area contributed by atoms with E-state index in [-0.39, 0.29) is 11.9 Å². The predicted octanol–water partition coefficient (Wildman–Crippen LogP) is 3.33. The van der Waals surface area contributed by atoms with Crippen LogP contribution in [0.4, 0.5) is 4.39 Å². The normalized spacial score (nSPS) is 11.0. The maximum Gasteiger partial charge on any atom is 0.195 e. The molecule has 1 aromatic carbocycles. The zero-order valence-electron chi connectivity index (χ0n) is 9.07. The molecule has 2 aromatic rings. The van der Waals surface area contributed by atoms with E-state index in [9.17, 15) is 4.39 Å². The third kappa shape index (κ3) is 1.90. The second-order valence-corrected chi connectivity index (χ2v) is 4.21. The molecule has 0 saturated heterocycles. The number of nitrogens with one attached hydrogen (secondary N) is 1. The second-order valence-electron chi connectivity index (χ2n) is 3.83. The van der Waals surface area contributed by atoms with Gasteiger partial charge >= 0.3 is 0 Å². The number of H-pyrrole nitrogens is 1. The summed E-state index contributed by atoms with van der Waals surface area (Å²) < 4.78 is 15.5. The molecule has 0 aliphatic heterocycles. The second kappa shape index (κ2) is 4.17. The molecule has 0 amide bonds. The van der Waals surface area contributed by atoms with Gasteiger partial charge < -0.3 is 0 Å². The maximum absolute atomic E-state index is 13.1. The van der Waals surface area contributed by atoms with Gasteiger partial charge in [-0.2, -0.15) is 5.10 Å². The van der Waals surface area contributed by atoms with Gasteiger partial charge in [-0.15, -0.1) is 0 Å². The first-order valence-corrected chi connectivity index (χ1v) is 5.43. The Balaban J connectivity index is 2.61. The Morgan fingerprint density at radius 2 is 2.19 bits per heavy atom. The van der Waals surface area contributed by atoms with Crippen molar-refractivity contribution in [2.45, 2.75) is 19.9 Å². The first kappa shape index (κ1) is 11.0. The summed E-state index contributed by atoms with van der Waals surface area (Å²) in [4.78, 5) is 0. The molecule has 0 fully saturated rings. The molecule has 0 atom stereocenters. The van der Waals surface area contributed by atoms with Gasteiger partial charge in [0.15, 0.2) is 10.6 Å². The first-order chi connectivity index (χ1) is 7.59. The van der Waals surface area contributed by atoms with Crippen molar-refractivity contribution >= 4 is 12.2 Å². The van der Waals surface area contributed by atoms with Gasteiger partial charge in [-0.05, 0) is 38.2 Å². The maximum atomic E-state index is 13.1. The van der Waals surface area contributed by atoms with E-state index in [2.05, 4.69) is 10.2 Å². The van der Waals surface area contributed by atoms with Crippen LogP contribution in [-0.2, 0) is 0 Å². The summed E-state index contributed by atoms with van der Waals surface area (Å²) in [5, 5.41) is 6.86. The molecule has 1 N–H and O–H groups in total. The molecule has 3 nitrogen and oxygen atoms in total. The van der Waals surface area contributed by atoms with Crippen LogP contribution in [0.25, 0.3) is 11.4 Å². The van der Waals surface area contributed by atoms with Crippen molar-refractivity contribution in [1.29, 1.82) is 0 Å². The molecule has 1 heterocycles. The van der Waals surface area contributed by atoms with E-state index in [0.29, 0.717) is 10.6 Å². The van der Waals surface area contributed by atoms with E-state index < -0.39 is 0 Å². The number of benzene rings is 1. The fraction of sp³-hybridized carbons (Fsp3) is 0.273. The van der Waals surface area contributed by atoms with Crippen LogP contribution >= 0.6 is 12.2 Å². The van der Waals surface area contributed by atoms with Crippen LogP contribution in [0, 0.1) is 10.6 Å². The highest BCUT2D eigenvalue weighted by Crippen LogP contribution is 2.21. The van der Waals surface area contributed by atoms with Crippen LogP contribution < -0.4 is 0 Å². The Hall–Kier alpha value is -1.49. The number of rotatable bonds is 2. The number of halogens is 1. The molecule has 0 radical (unpaired) electrons. The zero-order chi connectivity index (χ0) is 11.7. The standard InChI is InChI=1S/C11H12FN3S/c1-7(2)15-10(13-14-11(15)16)8-4-3-5-9(12)6-8/h3-7H,1-2H3,(H,14,16). The van der Waals surface area contributed by atoms with E-state index in [1.54, 1.807) is 6.07 Å². The summed E-state index contributed by atoms with van der Waals surface area (Å²) in [6.45, 7) is 4.02. The molecule has 0 unspecified atom stereocenters. The van der Waals surface area contributed by atoms with Gasteiger partial charge in [-0.3, -0.25) is 9.67 Å². The lowest BCUT2D eigenvalue weighted by atomic mass is 10.2. The van der Waals surface area contributed by atoms with Crippen molar-refractivity contribution < 1.29 is 4.39 Å². The molecule has 2 rings (SSSR count). The van der Waals surface area contributed by atoms with Crippen LogP contribution in [0.15, 0.2) is 24.3 Å². The lowest BCUT2D eigenvalue weighted by Crippen LogP contribution is -2.03. The average molecular weight is 237 g/mol. The Kier molecular flexibility index (Phi) is 2.87. The quantitative estimate of drug-likeness (QED) is 0.813. The van der Waals surface area contributed by atoms with Crippen LogP contribution in [0.1, 0.15) is 19.9 Å². The molecule has 84 valence electrons. The lowest BCUT2D eigenvalue weighted by Gasteiger charge is -2.10. The highest BCUT2D eigenvalue weighted by atomic mass is 32.1. The zero-order valence-corrected chi connectivity index (χ0v) is 9.88. The summed E-state index contributed by atoms with van der Waals surface area (Å²) in [6.07, 6.45) is 0. The molecule has 1 aromatic heterocycles. The van der Waals surface area contributed by atoms with Crippen LogP contribution in [0.3, 0.4) is 0 Å². The van der Waals surface area contributed by atoms with E-state index in [1.807, 2.05) is 24.5 Å². The van der Waals surface area contributed by atoms with Crippen LogP contribution in [0.2, 0.25) is 0 Å². The first-order valence-electron chi connectivity index (χ1n) is 5.02. The van der Waals surface area contributed by atoms with Gasteiger partial charge in [0.05, 0.1) is 0 Å². The minimum atomic E-state index is -0.276. The molecule has 0 saturated carbocycles. The van der Waals surface area contributed by atoms with Gasteiger partial charge in [0.2, 0.25) is 0 Å². The van der Waals surface area contributed by atoms with E-state index >= 15 is 0 Å². The number of hydrogen-bond donors (Lipinski definition) is 1. The molecule has 5 heteroatoms. The van der Waals surface area contributed by atoms with Crippen molar-refractivity contribution in [2.75, 3.05) is 0 Å². The Morgan fingerprint density at radius 1 is 1.44 bits per heavy atom. The largest absolute Gasteiger partial charge is 0.298 e. The van der Waals surface area contributed by atoms with Crippen LogP contribution in [0.5, 0.6) is 0 Å². The summed E-state index contributed by atoms with van der Waals surface area (Å²) >= 11 is 5.13. The molecular weight excluding hydrogens is 225 g/mol. The fourth-order valence-electron chi connectivity index (χ4n) is 1.61. The summed E-state index contributed by atoms with van der Waals surface area (Å²) in [5.74, 6) is 0.390. The molecule has 0 aliphatic carbocycles. The Labute approximate surface area is 97.9 Å². The minimum absolute atomic E-state index is 0.185. The van der Waals surface area contributed by atoms with E-state index in [4.69, 9.17) is 12.2 Å². The predicted molar refractivity (Wildman–Crippen MR) is 63.2 cm³/mol. The molecular formula is C11H12FN3S. The van der Waals surface area contributed by atoms with Gasteiger partial charge in [0.1, 0.15) is 5.82 Å². The highest BCUT2D eigenvalue weighted by Gasteiger charge is 2.11. The average Bonchev–Trinajstić information content (AvgIpc) is 2.60. The summed E-state index contributed by atoms with van der Waals surface area (Å²) in [7, 11) is 0. The van der Waals surface area contributed by atoms with Crippen molar-refractivity contribution in [2.24, 2.45) is 0 Å². The smallest absolute Gasteiger partial charge is 0.195 e. The van der Waals surface area contributed by atoms with Gasteiger partial charge in [0, 0.05) is 11.6 Å². The van der Waals surface area contributed by atoms with Gasteiger partial charge in [-0.25, -0.2) is 4.39 Å². The minimum Gasteiger partial charge on any atom is -0.298 e. The number of aromatic amines is 1. The van der Waals surface area contributed by atoms with E-state index in [1.165, 1.54) is 12.1 Å². The molecule has 0 spiro atoms. The van der Waals surface area contributed by atoms with Gasteiger partial charge in [-0.1, -0.05) is 12.1 Å². The van der Waals surface area contributed by atoms with Crippen molar-refractivity contribution in [1.82, 2.24) is 14.8 Å². The molecule has 0 bridgehead atoms. The molecule has 16 heavy (non-hydrogen) atoms. The topological polar surface area (TPSA) is 33.6 Å². The van der Waals surface area contributed by atoms with Crippen molar-refractivity contribution in [3.63, 3.8) is 0 Å². The van der Waals surface area contributed by atoms with Gasteiger partial charge in [0.25, 0.3) is 0 Å². The van der Waals surface area contributed by atoms with E-state index in [0.717, 1.165) is 5.56 Å².